The van der Waals surface area contributed by atoms with E-state index in [2.05, 4.69) is 71.8 Å². The Balaban J connectivity index is 1.56. The second kappa shape index (κ2) is 17.3. The van der Waals surface area contributed by atoms with Crippen molar-refractivity contribution >= 4 is 47.9 Å². The summed E-state index contributed by atoms with van der Waals surface area (Å²) in [5, 5.41) is 3.70. The predicted octanol–water partition coefficient (Wildman–Crippen LogP) is 4.61. The van der Waals surface area contributed by atoms with E-state index in [9.17, 15) is 22.8 Å². The predicted molar refractivity (Wildman–Crippen MR) is 206 cm³/mol. The number of nitrogens with zero attached hydrogens (tertiary/aromatic N) is 4. The molecular weight excluding hydrogens is 734 g/mol. The van der Waals surface area contributed by atoms with Crippen LogP contribution >= 0.6 is 0 Å². The second-order valence-electron chi connectivity index (χ2n) is 14.3. The second-order valence-corrected chi connectivity index (χ2v) is 18.6. The summed E-state index contributed by atoms with van der Waals surface area (Å²) in [4.78, 5) is 38.1. The van der Waals surface area contributed by atoms with Crippen molar-refractivity contribution in [2.24, 2.45) is 4.99 Å². The number of amides is 1. The molecule has 3 heterocycles. The van der Waals surface area contributed by atoms with Gasteiger partial charge < -0.3 is 33.4 Å². The molecule has 0 bridgehead atoms. The largest absolute Gasteiger partial charge is 0.471 e. The summed E-state index contributed by atoms with van der Waals surface area (Å²) in [7, 11) is 0.541. The molecule has 2 aromatic carbocycles. The van der Waals surface area contributed by atoms with Crippen LogP contribution in [0, 0.1) is 11.8 Å². The number of carbonyl (C=O) groups is 1. The van der Waals surface area contributed by atoms with E-state index < -0.39 is 57.2 Å². The highest BCUT2D eigenvalue weighted by Gasteiger charge is 2.51. The molecule has 1 saturated heterocycles. The van der Waals surface area contributed by atoms with Crippen molar-refractivity contribution in [3.63, 3.8) is 0 Å². The number of aliphatic imine (C=N–C) groups is 1. The summed E-state index contributed by atoms with van der Waals surface area (Å²) in [5.41, 5.74) is -0.210. The molecule has 2 unspecified atom stereocenters. The molecule has 1 fully saturated rings. The zero-order valence-corrected chi connectivity index (χ0v) is 32.9. The highest BCUT2D eigenvalue weighted by atomic mass is 28.4. The van der Waals surface area contributed by atoms with E-state index in [-0.39, 0.29) is 34.2 Å². The maximum Gasteiger partial charge on any atom is 0.471 e. The van der Waals surface area contributed by atoms with E-state index in [0.29, 0.717) is 13.0 Å². The molecule has 4 aromatic rings. The molecule has 0 radical (unpaired) electrons. The number of ether oxygens (including phenoxy) is 3. The quantitative estimate of drug-likeness (QED) is 0.0662. The number of nitrogens with one attached hydrogen (secondary N) is 2. The molecule has 0 aliphatic carbocycles. The van der Waals surface area contributed by atoms with Crippen molar-refractivity contribution in [1.29, 1.82) is 0 Å². The van der Waals surface area contributed by atoms with E-state index in [4.69, 9.17) is 18.6 Å². The number of alkyl halides is 3. The average Bonchev–Trinajstić information content (AvgIpc) is 3.70. The maximum atomic E-state index is 13.5. The minimum absolute atomic E-state index is 0.0184. The highest BCUT2D eigenvalue weighted by molar-refractivity contribution is 6.99. The number of fused-ring (bicyclic) bond motifs is 1. The van der Waals surface area contributed by atoms with Crippen molar-refractivity contribution in [1.82, 2.24) is 24.8 Å². The van der Waals surface area contributed by atoms with Crippen LogP contribution in [0.4, 0.5) is 19.1 Å². The van der Waals surface area contributed by atoms with Crippen LogP contribution in [0.3, 0.4) is 0 Å². The van der Waals surface area contributed by atoms with E-state index in [0.717, 1.165) is 10.4 Å². The van der Waals surface area contributed by atoms with Gasteiger partial charge in [0.15, 0.2) is 11.9 Å². The fourth-order valence-electron chi connectivity index (χ4n) is 6.71. The van der Waals surface area contributed by atoms with Crippen LogP contribution in [0.2, 0.25) is 5.04 Å². The lowest BCUT2D eigenvalue weighted by molar-refractivity contribution is -0.173. The summed E-state index contributed by atoms with van der Waals surface area (Å²) >= 11 is 0. The molecule has 1 aliphatic rings. The summed E-state index contributed by atoms with van der Waals surface area (Å²) < 4.78 is 66.1. The van der Waals surface area contributed by atoms with Gasteiger partial charge in [-0.05, 0) is 29.3 Å². The Labute approximate surface area is 319 Å². The Kier molecular flexibility index (Phi) is 13.0. The first-order chi connectivity index (χ1) is 26.0. The Bertz CT molecular complexity index is 2030. The van der Waals surface area contributed by atoms with Crippen LogP contribution in [0.1, 0.15) is 52.8 Å². The summed E-state index contributed by atoms with van der Waals surface area (Å²) in [5.74, 6) is 3.14. The van der Waals surface area contributed by atoms with Gasteiger partial charge in [-0.25, -0.2) is 4.99 Å². The number of aromatic amines is 1. The molecule has 0 saturated carbocycles. The molecule has 5 rings (SSSR count). The van der Waals surface area contributed by atoms with E-state index in [1.54, 1.807) is 35.1 Å². The van der Waals surface area contributed by atoms with Gasteiger partial charge in [-0.3, -0.25) is 14.6 Å². The normalized spacial score (nSPS) is 18.3. The van der Waals surface area contributed by atoms with E-state index in [1.165, 1.54) is 6.34 Å². The zero-order chi connectivity index (χ0) is 40.0. The van der Waals surface area contributed by atoms with Gasteiger partial charge in [-0.1, -0.05) is 93.3 Å². The number of hydrogen-bond donors (Lipinski definition) is 2. The molecule has 12 nitrogen and oxygen atoms in total. The van der Waals surface area contributed by atoms with Gasteiger partial charge in [-0.2, -0.15) is 18.2 Å². The maximum absolute atomic E-state index is 13.5. The first-order valence-corrected chi connectivity index (χ1v) is 19.8. The molecule has 2 N–H and O–H groups in total. The first kappa shape index (κ1) is 41.4. The molecule has 2 aromatic heterocycles. The van der Waals surface area contributed by atoms with Crippen LogP contribution in [-0.2, 0) is 23.4 Å². The van der Waals surface area contributed by atoms with Crippen LogP contribution in [-0.4, -0.2) is 98.5 Å². The smallest absolute Gasteiger partial charge is 0.405 e. The lowest BCUT2D eigenvalue weighted by Gasteiger charge is -2.43. The zero-order valence-electron chi connectivity index (χ0n) is 31.9. The number of hydrogen-bond acceptors (Lipinski definition) is 8. The van der Waals surface area contributed by atoms with Crippen LogP contribution in [0.15, 0.2) is 76.6 Å². The monoisotopic (exact) mass is 780 g/mol. The molecule has 55 heavy (non-hydrogen) atoms. The average molecular weight is 781 g/mol. The molecular formula is C39H47F3N6O6Si. The Morgan fingerprint density at radius 2 is 1.78 bits per heavy atom. The number of halogens is 3. The lowest BCUT2D eigenvalue weighted by atomic mass is 10.2. The van der Waals surface area contributed by atoms with Crippen molar-refractivity contribution in [2.75, 3.05) is 33.9 Å². The van der Waals surface area contributed by atoms with E-state index in [1.807, 2.05) is 50.2 Å². The number of carbonyl (C=O) groups excluding carboxylic acids is 1. The summed E-state index contributed by atoms with van der Waals surface area (Å²) in [6.07, 6.45) is -4.17. The highest BCUT2D eigenvalue weighted by Crippen LogP contribution is 2.39. The topological polar surface area (TPSA) is 132 Å². The van der Waals surface area contributed by atoms with Crippen molar-refractivity contribution in [2.45, 2.75) is 77.0 Å². The minimum atomic E-state index is -5.06. The lowest BCUT2D eigenvalue weighted by Crippen LogP contribution is -2.67. The molecule has 1 aliphatic heterocycles. The van der Waals surface area contributed by atoms with Crippen molar-refractivity contribution in [3.8, 4) is 11.8 Å². The number of H-pyrrole nitrogens is 1. The third-order valence-electron chi connectivity index (χ3n) is 9.04. The molecule has 294 valence electrons. The summed E-state index contributed by atoms with van der Waals surface area (Å²) in [6.45, 7) is 10.2. The Morgan fingerprint density at radius 3 is 2.35 bits per heavy atom. The minimum Gasteiger partial charge on any atom is -0.405 e. The van der Waals surface area contributed by atoms with Gasteiger partial charge in [0.25, 0.3) is 13.9 Å². The molecule has 1 amide bonds. The standard InChI is InChI=1S/C39H47F3N6O6Si/c1-8-51-26(2)53-30-22-32(54-31(30)24-52-55(38(3,4)5,28-17-11-9-12-18-28)29-19-13-10-14-20-29)48-23-27(16-15-21-43-36(50)39(40,41)42)33-34(48)45-37(46-35(33)49)44-25-47(6)7/h9-14,17-20,23,25-26,30-32H,8,21-22,24H2,1-7H3,(H,43,50)(H,45,46,49)/b44-25-/t26?,30?,31-,32-/m1/s1. The summed E-state index contributed by atoms with van der Waals surface area (Å²) in [6, 6.07) is 20.4. The Morgan fingerprint density at radius 1 is 1.15 bits per heavy atom. The molecule has 16 heteroatoms. The van der Waals surface area contributed by atoms with Gasteiger partial charge >= 0.3 is 12.1 Å². The molecule has 0 spiro atoms. The van der Waals surface area contributed by atoms with Gasteiger partial charge in [-0.15, -0.1) is 0 Å². The van der Waals surface area contributed by atoms with E-state index >= 15 is 0 Å². The van der Waals surface area contributed by atoms with Crippen LogP contribution in [0.25, 0.3) is 11.0 Å². The van der Waals surface area contributed by atoms with Gasteiger partial charge in [0.1, 0.15) is 12.3 Å². The fraction of sp³-hybridized carbons (Fsp3) is 0.436. The fourth-order valence-corrected chi connectivity index (χ4v) is 11.3. The van der Waals surface area contributed by atoms with Gasteiger partial charge in [0.2, 0.25) is 5.95 Å². The van der Waals surface area contributed by atoms with Crippen LogP contribution < -0.4 is 21.2 Å². The van der Waals surface area contributed by atoms with Gasteiger partial charge in [0.05, 0.1) is 36.5 Å². The van der Waals surface area contributed by atoms with Gasteiger partial charge in [0, 0.05) is 33.3 Å². The van der Waals surface area contributed by atoms with Crippen molar-refractivity contribution < 1.29 is 36.6 Å². The SMILES string of the molecule is CCOC(C)OC1C[C@H](n2cc(C#CCNC(=O)C(F)(F)F)c3c(=O)[nH]c(/N=C\N(C)C)nc32)O[C@@H]1CO[Si](c1ccccc1)(c1ccccc1)C(C)(C)C. The molecule has 4 atom stereocenters. The number of benzene rings is 2. The third-order valence-corrected chi connectivity index (χ3v) is 14.0. The first-order valence-electron chi connectivity index (χ1n) is 17.9. The Hall–Kier alpha value is -4.79. The number of rotatable bonds is 13. The van der Waals surface area contributed by atoms with Crippen LogP contribution in [0.5, 0.6) is 0 Å². The van der Waals surface area contributed by atoms with Crippen molar-refractivity contribution in [3.05, 3.63) is 82.8 Å². The number of aromatic nitrogens is 3. The third kappa shape index (κ3) is 9.54.